The van der Waals surface area contributed by atoms with E-state index in [-0.39, 0.29) is 0 Å². The van der Waals surface area contributed by atoms with Gasteiger partial charge in [-0.1, -0.05) is 6.08 Å². The minimum absolute atomic E-state index is 0.512. The lowest BCUT2D eigenvalue weighted by atomic mass is 9.67. The molecule has 0 aromatic heterocycles. The number of hydrogen-bond acceptors (Lipinski definition) is 1. The van der Waals surface area contributed by atoms with Gasteiger partial charge in [0.2, 0.25) is 0 Å². The van der Waals surface area contributed by atoms with Gasteiger partial charge in [0.05, 0.1) is 12.7 Å². The zero-order chi connectivity index (χ0) is 14.7. The van der Waals surface area contributed by atoms with Gasteiger partial charge >= 0.3 is 0 Å². The van der Waals surface area contributed by atoms with Crippen molar-refractivity contribution in [2.45, 2.75) is 77.2 Å². The average Bonchev–Trinajstić information content (AvgIpc) is 2.56. The van der Waals surface area contributed by atoms with Crippen molar-refractivity contribution in [1.82, 2.24) is 0 Å². The molecule has 0 aromatic rings. The highest BCUT2D eigenvalue weighted by molar-refractivity contribution is 4.88. The molecule has 1 saturated heterocycles. The highest BCUT2D eigenvalue weighted by Gasteiger charge is 2.34. The van der Waals surface area contributed by atoms with Crippen LogP contribution in [0.15, 0.2) is 12.7 Å². The summed E-state index contributed by atoms with van der Waals surface area (Å²) in [5.74, 6) is 4.73. The number of rotatable bonds is 3. The summed E-state index contributed by atoms with van der Waals surface area (Å²) in [6.07, 6.45) is 17.1. The second-order valence-corrected chi connectivity index (χ2v) is 8.07. The molecular formula is C20H34O. The van der Waals surface area contributed by atoms with Crippen LogP contribution in [0.25, 0.3) is 0 Å². The predicted octanol–water partition coefficient (Wildman–Crippen LogP) is 5.60. The molecule has 0 radical (unpaired) electrons. The van der Waals surface area contributed by atoms with Crippen LogP contribution in [0, 0.1) is 29.6 Å². The first-order valence-electron chi connectivity index (χ1n) is 9.50. The van der Waals surface area contributed by atoms with E-state index in [4.69, 9.17) is 4.74 Å². The zero-order valence-corrected chi connectivity index (χ0v) is 13.9. The molecule has 1 heterocycles. The molecule has 1 nitrogen and oxygen atoms in total. The fourth-order valence-electron chi connectivity index (χ4n) is 5.21. The fourth-order valence-corrected chi connectivity index (χ4v) is 5.21. The summed E-state index contributed by atoms with van der Waals surface area (Å²) >= 11 is 0. The first-order valence-corrected chi connectivity index (χ1v) is 9.50. The Bertz CT molecular complexity index is 313. The Labute approximate surface area is 131 Å². The number of hydrogen-bond donors (Lipinski definition) is 0. The predicted molar refractivity (Wildman–Crippen MR) is 89.2 cm³/mol. The van der Waals surface area contributed by atoms with E-state index in [1.165, 1.54) is 64.2 Å². The second-order valence-electron chi connectivity index (χ2n) is 8.07. The number of allylic oxidation sites excluding steroid dienone is 1. The molecule has 3 rings (SSSR count). The van der Waals surface area contributed by atoms with Crippen LogP contribution in [0.3, 0.4) is 0 Å². The van der Waals surface area contributed by atoms with E-state index in [0.29, 0.717) is 6.10 Å². The van der Waals surface area contributed by atoms with Gasteiger partial charge in [-0.2, -0.15) is 0 Å². The van der Waals surface area contributed by atoms with E-state index >= 15 is 0 Å². The molecule has 1 heteroatoms. The number of ether oxygens (including phenoxy) is 1. The Kier molecular flexibility index (Phi) is 5.43. The summed E-state index contributed by atoms with van der Waals surface area (Å²) in [5, 5.41) is 0. The van der Waals surface area contributed by atoms with Crippen LogP contribution in [0.1, 0.15) is 71.1 Å². The zero-order valence-electron chi connectivity index (χ0n) is 13.9. The maximum atomic E-state index is 5.90. The van der Waals surface area contributed by atoms with Gasteiger partial charge in [0.25, 0.3) is 0 Å². The van der Waals surface area contributed by atoms with Crippen molar-refractivity contribution in [3.63, 3.8) is 0 Å². The lowest BCUT2D eigenvalue weighted by molar-refractivity contribution is -0.0316. The van der Waals surface area contributed by atoms with Crippen LogP contribution in [0.4, 0.5) is 0 Å². The molecule has 2 unspecified atom stereocenters. The van der Waals surface area contributed by atoms with Crippen LogP contribution < -0.4 is 0 Å². The highest BCUT2D eigenvalue weighted by atomic mass is 16.5. The van der Waals surface area contributed by atoms with Crippen molar-refractivity contribution < 1.29 is 4.74 Å². The van der Waals surface area contributed by atoms with Gasteiger partial charge in [0.15, 0.2) is 0 Å². The quantitative estimate of drug-likeness (QED) is 0.615. The third-order valence-corrected chi connectivity index (χ3v) is 6.84. The van der Waals surface area contributed by atoms with E-state index < -0.39 is 0 Å². The molecule has 0 aromatic carbocycles. The average molecular weight is 290 g/mol. The highest BCUT2D eigenvalue weighted by Crippen LogP contribution is 2.44. The van der Waals surface area contributed by atoms with E-state index in [0.717, 1.165) is 36.2 Å². The van der Waals surface area contributed by atoms with Crippen molar-refractivity contribution >= 4 is 0 Å². The van der Waals surface area contributed by atoms with Gasteiger partial charge in [-0.25, -0.2) is 0 Å². The summed E-state index contributed by atoms with van der Waals surface area (Å²) < 4.78 is 5.90. The third-order valence-electron chi connectivity index (χ3n) is 6.84. The van der Waals surface area contributed by atoms with Gasteiger partial charge in [0.1, 0.15) is 0 Å². The normalized spacial score (nSPS) is 45.2. The van der Waals surface area contributed by atoms with Crippen LogP contribution >= 0.6 is 0 Å². The van der Waals surface area contributed by atoms with Crippen molar-refractivity contribution in [3.8, 4) is 0 Å². The molecule has 2 saturated carbocycles. The summed E-state index contributed by atoms with van der Waals surface area (Å²) in [4.78, 5) is 0. The van der Waals surface area contributed by atoms with E-state index in [1.54, 1.807) is 0 Å². The van der Waals surface area contributed by atoms with E-state index in [1.807, 2.05) is 0 Å². The Morgan fingerprint density at radius 3 is 1.67 bits per heavy atom. The molecule has 0 spiro atoms. The van der Waals surface area contributed by atoms with Gasteiger partial charge < -0.3 is 4.74 Å². The van der Waals surface area contributed by atoms with Crippen LogP contribution in [0.5, 0.6) is 0 Å². The van der Waals surface area contributed by atoms with Crippen molar-refractivity contribution in [3.05, 3.63) is 12.7 Å². The van der Waals surface area contributed by atoms with Crippen molar-refractivity contribution in [2.75, 3.05) is 6.61 Å². The van der Waals surface area contributed by atoms with Crippen LogP contribution in [0.2, 0.25) is 0 Å². The SMILES string of the molecule is C=CC1CCC(C2CCC(C3CCC(C)OC3)CC2)CC1. The molecule has 120 valence electrons. The largest absolute Gasteiger partial charge is 0.378 e. The minimum Gasteiger partial charge on any atom is -0.378 e. The van der Waals surface area contributed by atoms with Gasteiger partial charge in [0, 0.05) is 0 Å². The second kappa shape index (κ2) is 7.31. The minimum atomic E-state index is 0.512. The van der Waals surface area contributed by atoms with E-state index in [9.17, 15) is 0 Å². The lowest BCUT2D eigenvalue weighted by Crippen LogP contribution is -2.33. The first-order chi connectivity index (χ1) is 10.3. The van der Waals surface area contributed by atoms with Crippen molar-refractivity contribution in [2.24, 2.45) is 29.6 Å². The van der Waals surface area contributed by atoms with Gasteiger partial charge in [-0.3, -0.25) is 0 Å². The molecule has 3 fully saturated rings. The Morgan fingerprint density at radius 2 is 1.19 bits per heavy atom. The topological polar surface area (TPSA) is 9.23 Å². The molecule has 2 atom stereocenters. The maximum Gasteiger partial charge on any atom is 0.0547 e. The molecule has 21 heavy (non-hydrogen) atoms. The molecule has 0 bridgehead atoms. The molecule has 3 aliphatic rings. The molecular weight excluding hydrogens is 256 g/mol. The van der Waals surface area contributed by atoms with Crippen molar-refractivity contribution in [1.29, 1.82) is 0 Å². The summed E-state index contributed by atoms with van der Waals surface area (Å²) in [7, 11) is 0. The monoisotopic (exact) mass is 290 g/mol. The Balaban J connectivity index is 1.42. The molecule has 0 amide bonds. The lowest BCUT2D eigenvalue weighted by Gasteiger charge is -2.40. The van der Waals surface area contributed by atoms with Gasteiger partial charge in [-0.05, 0) is 101 Å². The first kappa shape index (κ1) is 15.6. The van der Waals surface area contributed by atoms with E-state index in [2.05, 4.69) is 19.6 Å². The smallest absolute Gasteiger partial charge is 0.0547 e. The van der Waals surface area contributed by atoms with Crippen LogP contribution in [-0.2, 0) is 4.74 Å². The van der Waals surface area contributed by atoms with Crippen LogP contribution in [-0.4, -0.2) is 12.7 Å². The summed E-state index contributed by atoms with van der Waals surface area (Å²) in [5.41, 5.74) is 0. The third kappa shape index (κ3) is 3.92. The maximum absolute atomic E-state index is 5.90. The Morgan fingerprint density at radius 1 is 0.714 bits per heavy atom. The molecule has 1 aliphatic heterocycles. The summed E-state index contributed by atoms with van der Waals surface area (Å²) in [6, 6.07) is 0. The van der Waals surface area contributed by atoms with Gasteiger partial charge in [-0.15, -0.1) is 6.58 Å². The standard InChI is InChI=1S/C20H34O/c1-3-16-5-8-17(9-6-16)18-10-12-19(13-11-18)20-7-4-15(2)21-14-20/h3,15-20H,1,4-14H2,2H3. The fraction of sp³-hybridized carbons (Fsp3) is 0.900. The molecule has 2 aliphatic carbocycles. The Hall–Kier alpha value is -0.300. The summed E-state index contributed by atoms with van der Waals surface area (Å²) in [6.45, 7) is 7.25. The molecule has 0 N–H and O–H groups in total.